The maximum absolute atomic E-state index is 12.2. The number of aliphatic hydroxyl groups excluding tert-OH is 1. The highest BCUT2D eigenvalue weighted by Gasteiger charge is 2.16. The Balaban J connectivity index is 3.47. The predicted molar refractivity (Wildman–Crippen MR) is 224 cm³/mol. The van der Waals surface area contributed by atoms with Gasteiger partial charge in [0.1, 0.15) is 6.61 Å². The number of carbonyl (C=O) groups is 2. The van der Waals surface area contributed by atoms with E-state index >= 15 is 0 Å². The molecule has 1 unspecified atom stereocenters. The molecule has 0 heterocycles. The van der Waals surface area contributed by atoms with Gasteiger partial charge in [-0.05, 0) is 38.5 Å². The van der Waals surface area contributed by atoms with Crippen LogP contribution < -0.4 is 0 Å². The first kappa shape index (κ1) is 50.6. The van der Waals surface area contributed by atoms with E-state index in [9.17, 15) is 14.7 Å². The first-order valence-electron chi connectivity index (χ1n) is 23.2. The Morgan fingerprint density at radius 3 is 1.04 bits per heavy atom. The molecule has 0 rings (SSSR count). The Morgan fingerprint density at radius 1 is 0.423 bits per heavy atom. The van der Waals surface area contributed by atoms with Crippen LogP contribution in [0.2, 0.25) is 0 Å². The molecule has 1 atom stereocenters. The zero-order chi connectivity index (χ0) is 37.8. The van der Waals surface area contributed by atoms with Gasteiger partial charge < -0.3 is 14.6 Å². The highest BCUT2D eigenvalue weighted by atomic mass is 16.6. The second kappa shape index (κ2) is 44.0. The molecular weight excluding hydrogens is 645 g/mol. The molecule has 0 aromatic heterocycles. The molecule has 0 aliphatic carbocycles. The third kappa shape index (κ3) is 41.4. The predicted octanol–water partition coefficient (Wildman–Crippen LogP) is 14.9. The largest absolute Gasteiger partial charge is 0.462 e. The van der Waals surface area contributed by atoms with Crippen molar-refractivity contribution in [2.45, 2.75) is 264 Å². The number of aliphatic hydroxyl groups is 1. The van der Waals surface area contributed by atoms with Gasteiger partial charge in [-0.3, -0.25) is 9.59 Å². The fourth-order valence-corrected chi connectivity index (χ4v) is 7.02. The van der Waals surface area contributed by atoms with Crippen molar-refractivity contribution in [1.82, 2.24) is 0 Å². The van der Waals surface area contributed by atoms with Crippen LogP contribution >= 0.6 is 0 Å². The standard InChI is InChI=1S/C47H90O5/c1-3-5-7-9-11-13-15-17-19-21-22-23-24-26-28-30-32-34-36-38-40-42-47(50)52-45(43-48)44-51-46(49)41-39-37-35-33-31-29-27-25-20-18-16-14-12-10-8-6-4-2/h18,20,45,48H,3-17,19,21-44H2,1-2H3. The third-order valence-corrected chi connectivity index (χ3v) is 10.6. The number of esters is 2. The molecule has 0 saturated carbocycles. The number of hydrogen-bond acceptors (Lipinski definition) is 5. The quantitative estimate of drug-likeness (QED) is 0.0383. The van der Waals surface area contributed by atoms with E-state index in [2.05, 4.69) is 26.0 Å². The lowest BCUT2D eigenvalue weighted by atomic mass is 10.0. The molecule has 0 aromatic carbocycles. The van der Waals surface area contributed by atoms with Crippen LogP contribution in [-0.4, -0.2) is 36.4 Å². The Kier molecular flexibility index (Phi) is 42.9. The van der Waals surface area contributed by atoms with Crippen molar-refractivity contribution < 1.29 is 24.2 Å². The van der Waals surface area contributed by atoms with Crippen molar-refractivity contribution in [3.63, 3.8) is 0 Å². The Labute approximate surface area is 324 Å². The second-order valence-electron chi connectivity index (χ2n) is 15.8. The molecule has 0 saturated heterocycles. The summed E-state index contributed by atoms with van der Waals surface area (Å²) in [4.78, 5) is 24.4. The summed E-state index contributed by atoms with van der Waals surface area (Å²) in [6.07, 6.45) is 51.5. The molecule has 5 heteroatoms. The van der Waals surface area contributed by atoms with Crippen molar-refractivity contribution in [2.24, 2.45) is 0 Å². The third-order valence-electron chi connectivity index (χ3n) is 10.6. The zero-order valence-corrected chi connectivity index (χ0v) is 35.1. The first-order chi connectivity index (χ1) is 25.6. The molecule has 308 valence electrons. The minimum atomic E-state index is -0.767. The maximum Gasteiger partial charge on any atom is 0.306 e. The van der Waals surface area contributed by atoms with Crippen LogP contribution in [0.15, 0.2) is 12.2 Å². The van der Waals surface area contributed by atoms with Crippen LogP contribution in [0.1, 0.15) is 258 Å². The summed E-state index contributed by atoms with van der Waals surface area (Å²) in [5, 5.41) is 9.59. The van der Waals surface area contributed by atoms with E-state index in [1.807, 2.05) is 0 Å². The van der Waals surface area contributed by atoms with Gasteiger partial charge in [0.15, 0.2) is 6.10 Å². The molecule has 0 fully saturated rings. The zero-order valence-electron chi connectivity index (χ0n) is 35.1. The van der Waals surface area contributed by atoms with Crippen LogP contribution in [0.3, 0.4) is 0 Å². The summed E-state index contributed by atoms with van der Waals surface area (Å²) < 4.78 is 10.7. The fraction of sp³-hybridized carbons (Fsp3) is 0.915. The summed E-state index contributed by atoms with van der Waals surface area (Å²) in [6, 6.07) is 0. The highest BCUT2D eigenvalue weighted by molar-refractivity contribution is 5.70. The molecule has 0 radical (unpaired) electrons. The van der Waals surface area contributed by atoms with Crippen molar-refractivity contribution in [1.29, 1.82) is 0 Å². The summed E-state index contributed by atoms with van der Waals surface area (Å²) >= 11 is 0. The summed E-state index contributed by atoms with van der Waals surface area (Å²) in [7, 11) is 0. The Hall–Kier alpha value is -1.36. The van der Waals surface area contributed by atoms with E-state index < -0.39 is 6.10 Å². The van der Waals surface area contributed by atoms with E-state index in [4.69, 9.17) is 9.47 Å². The molecule has 1 N–H and O–H groups in total. The molecule has 0 spiro atoms. The molecular formula is C47H90O5. The molecule has 5 nitrogen and oxygen atoms in total. The number of ether oxygens (including phenoxy) is 2. The van der Waals surface area contributed by atoms with Crippen LogP contribution in [0.4, 0.5) is 0 Å². The van der Waals surface area contributed by atoms with Gasteiger partial charge >= 0.3 is 11.9 Å². The Bertz CT molecular complexity index is 750. The molecule has 0 aliphatic heterocycles. The van der Waals surface area contributed by atoms with Crippen LogP contribution in [0.5, 0.6) is 0 Å². The van der Waals surface area contributed by atoms with Crippen LogP contribution in [0.25, 0.3) is 0 Å². The minimum Gasteiger partial charge on any atom is -0.462 e. The van der Waals surface area contributed by atoms with Gasteiger partial charge in [-0.15, -0.1) is 0 Å². The summed E-state index contributed by atoms with van der Waals surface area (Å²) in [5.41, 5.74) is 0. The van der Waals surface area contributed by atoms with Crippen LogP contribution in [-0.2, 0) is 19.1 Å². The SMILES string of the molecule is CCCCCCCCC=CCCCCCCCCCC(=O)OCC(CO)OC(=O)CCCCCCCCCCCCCCCCCCCCCCC. The minimum absolute atomic E-state index is 0.0617. The average molecular weight is 735 g/mol. The second-order valence-corrected chi connectivity index (χ2v) is 15.8. The summed E-state index contributed by atoms with van der Waals surface area (Å²) in [5.74, 6) is -0.580. The molecule has 0 amide bonds. The van der Waals surface area contributed by atoms with Gasteiger partial charge in [-0.2, -0.15) is 0 Å². The fourth-order valence-electron chi connectivity index (χ4n) is 7.02. The maximum atomic E-state index is 12.2. The van der Waals surface area contributed by atoms with Gasteiger partial charge in [0.2, 0.25) is 0 Å². The van der Waals surface area contributed by atoms with Crippen molar-refractivity contribution >= 4 is 11.9 Å². The van der Waals surface area contributed by atoms with E-state index in [0.717, 1.165) is 38.5 Å². The van der Waals surface area contributed by atoms with Gasteiger partial charge in [0.25, 0.3) is 0 Å². The van der Waals surface area contributed by atoms with E-state index in [-0.39, 0.29) is 25.2 Å². The van der Waals surface area contributed by atoms with E-state index in [1.165, 1.54) is 193 Å². The normalized spacial score (nSPS) is 12.1. The van der Waals surface area contributed by atoms with Gasteiger partial charge in [-0.25, -0.2) is 0 Å². The monoisotopic (exact) mass is 735 g/mol. The smallest absolute Gasteiger partial charge is 0.306 e. The number of allylic oxidation sites excluding steroid dienone is 2. The average Bonchev–Trinajstić information content (AvgIpc) is 3.15. The lowest BCUT2D eigenvalue weighted by molar-refractivity contribution is -0.161. The summed E-state index contributed by atoms with van der Waals surface area (Å²) in [6.45, 7) is 4.17. The topological polar surface area (TPSA) is 72.8 Å². The van der Waals surface area contributed by atoms with Crippen molar-refractivity contribution in [3.8, 4) is 0 Å². The van der Waals surface area contributed by atoms with E-state index in [0.29, 0.717) is 12.8 Å². The Morgan fingerprint density at radius 2 is 0.712 bits per heavy atom. The highest BCUT2D eigenvalue weighted by Crippen LogP contribution is 2.16. The first-order valence-corrected chi connectivity index (χ1v) is 23.2. The lowest BCUT2D eigenvalue weighted by Gasteiger charge is -2.15. The van der Waals surface area contributed by atoms with Crippen LogP contribution in [0, 0.1) is 0 Å². The lowest BCUT2D eigenvalue weighted by Crippen LogP contribution is -2.28. The molecule has 52 heavy (non-hydrogen) atoms. The number of carbonyl (C=O) groups excluding carboxylic acids is 2. The van der Waals surface area contributed by atoms with Gasteiger partial charge in [0.05, 0.1) is 6.61 Å². The van der Waals surface area contributed by atoms with Gasteiger partial charge in [-0.1, -0.05) is 219 Å². The van der Waals surface area contributed by atoms with Crippen molar-refractivity contribution in [3.05, 3.63) is 12.2 Å². The number of hydrogen-bond donors (Lipinski definition) is 1. The van der Waals surface area contributed by atoms with Crippen molar-refractivity contribution in [2.75, 3.05) is 13.2 Å². The van der Waals surface area contributed by atoms with Gasteiger partial charge in [0, 0.05) is 12.8 Å². The number of unbranched alkanes of at least 4 members (excludes halogenated alkanes) is 33. The number of rotatable bonds is 43. The molecule has 0 bridgehead atoms. The molecule has 0 aliphatic rings. The van der Waals surface area contributed by atoms with E-state index in [1.54, 1.807) is 0 Å². The molecule has 0 aromatic rings.